The predicted molar refractivity (Wildman–Crippen MR) is 74.1 cm³/mol. The number of pyridine rings is 1. The van der Waals surface area contributed by atoms with Crippen molar-refractivity contribution in [3.63, 3.8) is 0 Å². The van der Waals surface area contributed by atoms with Crippen LogP contribution in [-0.4, -0.2) is 35.6 Å². The van der Waals surface area contributed by atoms with Crippen molar-refractivity contribution in [3.8, 4) is 0 Å². The Kier molecular flexibility index (Phi) is 4.55. The van der Waals surface area contributed by atoms with Gasteiger partial charge in [-0.15, -0.1) is 0 Å². The van der Waals surface area contributed by atoms with Crippen LogP contribution in [0.1, 0.15) is 32.1 Å². The summed E-state index contributed by atoms with van der Waals surface area (Å²) in [7, 11) is -3.87. The van der Waals surface area contributed by atoms with E-state index in [9.17, 15) is 23.6 Å². The summed E-state index contributed by atoms with van der Waals surface area (Å²) < 4.78 is 27.2. The molecule has 0 saturated heterocycles. The molecule has 1 fully saturated rings. The number of nitrogens with zero attached hydrogens (tertiary/aromatic N) is 2. The van der Waals surface area contributed by atoms with Crippen LogP contribution in [0.2, 0.25) is 0 Å². The molecule has 0 radical (unpaired) electrons. The Balaban J connectivity index is 2.22. The van der Waals surface area contributed by atoms with Gasteiger partial charge in [-0.3, -0.25) is 0 Å². The highest BCUT2D eigenvalue weighted by molar-refractivity contribution is 7.89. The second-order valence-corrected chi connectivity index (χ2v) is 6.90. The summed E-state index contributed by atoms with van der Waals surface area (Å²) in [5.41, 5.74) is -0.848. The highest BCUT2D eigenvalue weighted by atomic mass is 32.2. The van der Waals surface area contributed by atoms with Crippen molar-refractivity contribution < 1.29 is 18.4 Å². The van der Waals surface area contributed by atoms with Crippen LogP contribution >= 0.6 is 0 Å². The molecular weight excluding hydrogens is 298 g/mol. The van der Waals surface area contributed by atoms with E-state index in [-0.39, 0.29) is 11.5 Å². The zero-order valence-electron chi connectivity index (χ0n) is 11.4. The van der Waals surface area contributed by atoms with Crippen LogP contribution in [0.3, 0.4) is 0 Å². The molecule has 1 saturated carbocycles. The first kappa shape index (κ1) is 15.8. The van der Waals surface area contributed by atoms with Gasteiger partial charge in [-0.05, 0) is 28.8 Å². The van der Waals surface area contributed by atoms with Gasteiger partial charge in [-0.25, -0.2) is 13.1 Å². The fourth-order valence-electron chi connectivity index (χ4n) is 2.50. The molecular formula is C12H17N3O5S. The van der Waals surface area contributed by atoms with Gasteiger partial charge in [-0.2, -0.15) is 0 Å². The second kappa shape index (κ2) is 6.04. The third-order valence-electron chi connectivity index (χ3n) is 3.68. The van der Waals surface area contributed by atoms with Crippen molar-refractivity contribution in [1.29, 1.82) is 0 Å². The number of sulfonamides is 1. The monoisotopic (exact) mass is 315 g/mol. The zero-order chi connectivity index (χ0) is 15.5. The number of hydrogen-bond donors (Lipinski definition) is 2. The first-order chi connectivity index (χ1) is 9.88. The lowest BCUT2D eigenvalue weighted by atomic mass is 9.83. The summed E-state index contributed by atoms with van der Waals surface area (Å²) in [6, 6.07) is 2.18. The maximum Gasteiger partial charge on any atom is 0.363 e. The molecule has 0 unspecified atom stereocenters. The van der Waals surface area contributed by atoms with E-state index in [1.807, 2.05) is 0 Å². The van der Waals surface area contributed by atoms with Crippen molar-refractivity contribution in [2.75, 3.05) is 6.61 Å². The summed E-state index contributed by atoms with van der Waals surface area (Å²) in [6.45, 7) is -0.271. The van der Waals surface area contributed by atoms with Crippen molar-refractivity contribution in [1.82, 2.24) is 9.71 Å². The molecule has 9 heteroatoms. The number of hydrogen-bond acceptors (Lipinski definition) is 6. The minimum atomic E-state index is -3.87. The van der Waals surface area contributed by atoms with Crippen LogP contribution in [-0.2, 0) is 10.0 Å². The topological polar surface area (TPSA) is 122 Å². The maximum absolute atomic E-state index is 12.3. The number of nitro groups is 1. The molecule has 0 atom stereocenters. The van der Waals surface area contributed by atoms with Crippen LogP contribution in [0.25, 0.3) is 0 Å². The third-order valence-corrected chi connectivity index (χ3v) is 5.25. The fraction of sp³-hybridized carbons (Fsp3) is 0.583. The molecule has 0 spiro atoms. The summed E-state index contributed by atoms with van der Waals surface area (Å²) in [5.74, 6) is -0.413. The van der Waals surface area contributed by atoms with Gasteiger partial charge in [0.2, 0.25) is 10.0 Å². The number of aromatic nitrogens is 1. The number of nitrogens with one attached hydrogen (secondary N) is 1. The molecule has 1 heterocycles. The minimum absolute atomic E-state index is 0.147. The van der Waals surface area contributed by atoms with Crippen molar-refractivity contribution in [3.05, 3.63) is 28.4 Å². The largest absolute Gasteiger partial charge is 0.394 e. The Morgan fingerprint density at radius 3 is 2.48 bits per heavy atom. The van der Waals surface area contributed by atoms with Crippen molar-refractivity contribution in [2.45, 2.75) is 42.5 Å². The number of rotatable bonds is 5. The van der Waals surface area contributed by atoms with Gasteiger partial charge in [0, 0.05) is 6.07 Å². The molecule has 2 N–H and O–H groups in total. The van der Waals surface area contributed by atoms with E-state index in [1.54, 1.807) is 0 Å². The average molecular weight is 315 g/mol. The Morgan fingerprint density at radius 1 is 1.33 bits per heavy atom. The third kappa shape index (κ3) is 3.55. The molecule has 0 amide bonds. The van der Waals surface area contributed by atoms with Crippen LogP contribution < -0.4 is 4.72 Å². The molecule has 1 aliphatic carbocycles. The number of aliphatic hydroxyl groups is 1. The van der Waals surface area contributed by atoms with Gasteiger partial charge < -0.3 is 15.2 Å². The highest BCUT2D eigenvalue weighted by Crippen LogP contribution is 2.29. The molecule has 0 bridgehead atoms. The van der Waals surface area contributed by atoms with Crippen LogP contribution in [0.15, 0.2) is 23.2 Å². The summed E-state index contributed by atoms with van der Waals surface area (Å²) in [5, 5.41) is 20.1. The normalized spacial score (nSPS) is 18.3. The van der Waals surface area contributed by atoms with Crippen LogP contribution in [0, 0.1) is 10.1 Å². The molecule has 0 aliphatic heterocycles. The molecule has 116 valence electrons. The minimum Gasteiger partial charge on any atom is -0.394 e. The van der Waals surface area contributed by atoms with E-state index < -0.39 is 26.3 Å². The first-order valence-corrected chi connectivity index (χ1v) is 8.12. The van der Waals surface area contributed by atoms with Gasteiger partial charge in [0.15, 0.2) is 6.20 Å². The maximum atomic E-state index is 12.3. The molecule has 0 aromatic carbocycles. The molecule has 1 aromatic rings. The average Bonchev–Trinajstić information content (AvgIpc) is 2.48. The Labute approximate surface area is 122 Å². The second-order valence-electron chi connectivity index (χ2n) is 5.21. The van der Waals surface area contributed by atoms with E-state index in [0.29, 0.717) is 12.8 Å². The summed E-state index contributed by atoms with van der Waals surface area (Å²) in [6.07, 6.45) is 4.81. The Morgan fingerprint density at radius 2 is 2.00 bits per heavy atom. The SMILES string of the molecule is O=[N+]([O-])c1ccc(S(=O)(=O)NC2(CO)CCCCC2)cn1. The molecule has 1 aromatic heterocycles. The number of aliphatic hydroxyl groups excluding tert-OH is 1. The molecule has 8 nitrogen and oxygen atoms in total. The van der Waals surface area contributed by atoms with Gasteiger partial charge in [0.25, 0.3) is 0 Å². The smallest absolute Gasteiger partial charge is 0.363 e. The van der Waals surface area contributed by atoms with E-state index in [0.717, 1.165) is 37.6 Å². The van der Waals surface area contributed by atoms with Gasteiger partial charge in [-0.1, -0.05) is 19.3 Å². The standard InChI is InChI=1S/C12H17N3O5S/c16-9-12(6-2-1-3-7-12)14-21(19,20)10-4-5-11(13-8-10)15(17)18/h4-5,8,14,16H,1-3,6-7,9H2. The quantitative estimate of drug-likeness (QED) is 0.616. The van der Waals surface area contributed by atoms with E-state index >= 15 is 0 Å². The predicted octanol–water partition coefficient (Wildman–Crippen LogP) is 0.963. The molecule has 1 aliphatic rings. The summed E-state index contributed by atoms with van der Waals surface area (Å²) >= 11 is 0. The first-order valence-electron chi connectivity index (χ1n) is 6.64. The van der Waals surface area contributed by atoms with Gasteiger partial charge in [0.05, 0.1) is 12.1 Å². The van der Waals surface area contributed by atoms with Gasteiger partial charge in [0.1, 0.15) is 4.90 Å². The molecule has 21 heavy (non-hydrogen) atoms. The van der Waals surface area contributed by atoms with Crippen LogP contribution in [0.4, 0.5) is 5.82 Å². The van der Waals surface area contributed by atoms with Crippen LogP contribution in [0.5, 0.6) is 0 Å². The lowest BCUT2D eigenvalue weighted by Crippen LogP contribution is -2.52. The van der Waals surface area contributed by atoms with Crippen molar-refractivity contribution in [2.24, 2.45) is 0 Å². The fourth-order valence-corrected chi connectivity index (χ4v) is 3.90. The summed E-state index contributed by atoms with van der Waals surface area (Å²) in [4.78, 5) is 13.2. The van der Waals surface area contributed by atoms with E-state index in [4.69, 9.17) is 0 Å². The lowest BCUT2D eigenvalue weighted by molar-refractivity contribution is -0.389. The zero-order valence-corrected chi connectivity index (χ0v) is 12.2. The Bertz CT molecular complexity index is 608. The highest BCUT2D eigenvalue weighted by Gasteiger charge is 2.36. The van der Waals surface area contributed by atoms with Gasteiger partial charge >= 0.3 is 5.82 Å². The van der Waals surface area contributed by atoms with E-state index in [2.05, 4.69) is 9.71 Å². The Hall–Kier alpha value is -1.58. The molecule has 2 rings (SSSR count). The lowest BCUT2D eigenvalue weighted by Gasteiger charge is -2.35. The van der Waals surface area contributed by atoms with Crippen molar-refractivity contribution >= 4 is 15.8 Å². The van der Waals surface area contributed by atoms with E-state index in [1.165, 1.54) is 0 Å².